The molecule has 1 aliphatic carbocycles. The number of amides is 1. The quantitative estimate of drug-likeness (QED) is 0.782. The lowest BCUT2D eigenvalue weighted by Crippen LogP contribution is -2.14. The SMILES string of the molecule is O=C(Cc1csc(-c2ccccc2)n1)Nc1nc2c(s1)CCC2. The molecule has 116 valence electrons. The number of carbonyl (C=O) groups excluding carboxylic acids is 1. The number of aryl methyl sites for hydroxylation is 2. The Bertz CT molecular complexity index is 817. The summed E-state index contributed by atoms with van der Waals surface area (Å²) in [5, 5.41) is 6.52. The summed E-state index contributed by atoms with van der Waals surface area (Å²) in [6, 6.07) is 10.0. The standard InChI is InChI=1S/C17H15N3OS2/c21-15(20-17-19-13-7-4-8-14(13)23-17)9-12-10-22-16(18-12)11-5-2-1-3-6-11/h1-3,5-6,10H,4,7-9H2,(H,19,20,21). The molecule has 6 heteroatoms. The van der Waals surface area contributed by atoms with E-state index < -0.39 is 0 Å². The van der Waals surface area contributed by atoms with Gasteiger partial charge in [-0.15, -0.1) is 22.7 Å². The number of anilines is 1. The lowest BCUT2D eigenvalue weighted by atomic mass is 10.2. The van der Waals surface area contributed by atoms with Gasteiger partial charge in [0.05, 0.1) is 17.8 Å². The number of carbonyl (C=O) groups is 1. The second kappa shape index (κ2) is 6.22. The van der Waals surface area contributed by atoms with Crippen LogP contribution in [0.4, 0.5) is 5.13 Å². The molecule has 0 radical (unpaired) electrons. The fourth-order valence-corrected chi connectivity index (χ4v) is 4.57. The van der Waals surface area contributed by atoms with Crippen molar-refractivity contribution in [1.82, 2.24) is 9.97 Å². The van der Waals surface area contributed by atoms with Gasteiger partial charge in [0, 0.05) is 15.8 Å². The lowest BCUT2D eigenvalue weighted by Gasteiger charge is -1.99. The van der Waals surface area contributed by atoms with E-state index in [1.54, 1.807) is 22.7 Å². The van der Waals surface area contributed by atoms with Crippen LogP contribution in [0.3, 0.4) is 0 Å². The van der Waals surface area contributed by atoms with Gasteiger partial charge in [-0.25, -0.2) is 9.97 Å². The summed E-state index contributed by atoms with van der Waals surface area (Å²) >= 11 is 3.17. The summed E-state index contributed by atoms with van der Waals surface area (Å²) < 4.78 is 0. The molecule has 0 saturated heterocycles. The molecule has 3 aromatic rings. The van der Waals surface area contributed by atoms with Gasteiger partial charge in [0.25, 0.3) is 0 Å². The van der Waals surface area contributed by atoms with E-state index in [2.05, 4.69) is 15.3 Å². The van der Waals surface area contributed by atoms with Crippen LogP contribution in [0.5, 0.6) is 0 Å². The Morgan fingerprint density at radius 1 is 1.17 bits per heavy atom. The highest BCUT2D eigenvalue weighted by Crippen LogP contribution is 2.30. The number of nitrogens with one attached hydrogen (secondary N) is 1. The molecule has 0 spiro atoms. The zero-order valence-corrected chi connectivity index (χ0v) is 14.0. The van der Waals surface area contributed by atoms with E-state index in [9.17, 15) is 4.79 Å². The number of hydrogen-bond acceptors (Lipinski definition) is 5. The van der Waals surface area contributed by atoms with Crippen LogP contribution in [0, 0.1) is 0 Å². The van der Waals surface area contributed by atoms with Crippen LogP contribution >= 0.6 is 22.7 Å². The summed E-state index contributed by atoms with van der Waals surface area (Å²) in [4.78, 5) is 22.5. The first kappa shape index (κ1) is 14.5. The molecule has 1 aliphatic rings. The average Bonchev–Trinajstić information content (AvgIpc) is 3.24. The highest BCUT2D eigenvalue weighted by Gasteiger charge is 2.18. The van der Waals surface area contributed by atoms with Gasteiger partial charge >= 0.3 is 0 Å². The van der Waals surface area contributed by atoms with Crippen LogP contribution in [0.2, 0.25) is 0 Å². The van der Waals surface area contributed by atoms with Crippen LogP contribution < -0.4 is 5.32 Å². The minimum absolute atomic E-state index is 0.0534. The first-order valence-corrected chi connectivity index (χ1v) is 9.26. The van der Waals surface area contributed by atoms with Gasteiger partial charge in [-0.05, 0) is 19.3 Å². The topological polar surface area (TPSA) is 54.9 Å². The zero-order valence-electron chi connectivity index (χ0n) is 12.4. The normalized spacial score (nSPS) is 13.0. The zero-order chi connectivity index (χ0) is 15.6. The molecular formula is C17H15N3OS2. The molecule has 0 bridgehead atoms. The molecule has 0 aliphatic heterocycles. The second-order valence-electron chi connectivity index (χ2n) is 5.48. The molecule has 1 amide bonds. The Labute approximate surface area is 142 Å². The molecule has 4 rings (SSSR count). The van der Waals surface area contributed by atoms with Gasteiger partial charge < -0.3 is 5.32 Å². The lowest BCUT2D eigenvalue weighted by molar-refractivity contribution is -0.115. The van der Waals surface area contributed by atoms with E-state index >= 15 is 0 Å². The summed E-state index contributed by atoms with van der Waals surface area (Å²) in [6.45, 7) is 0. The van der Waals surface area contributed by atoms with Gasteiger partial charge in [-0.3, -0.25) is 4.79 Å². The Hall–Kier alpha value is -2.05. The van der Waals surface area contributed by atoms with E-state index in [1.807, 2.05) is 35.7 Å². The maximum Gasteiger partial charge on any atom is 0.232 e. The van der Waals surface area contributed by atoms with Crippen LogP contribution in [-0.4, -0.2) is 15.9 Å². The molecule has 0 atom stereocenters. The summed E-state index contributed by atoms with van der Waals surface area (Å²) in [6.07, 6.45) is 3.60. The fourth-order valence-electron chi connectivity index (χ4n) is 2.67. The first-order chi connectivity index (χ1) is 11.3. The monoisotopic (exact) mass is 341 g/mol. The van der Waals surface area contributed by atoms with E-state index in [0.717, 1.165) is 39.9 Å². The number of fused-ring (bicyclic) bond motifs is 1. The van der Waals surface area contributed by atoms with Crippen molar-refractivity contribution in [3.63, 3.8) is 0 Å². The minimum atomic E-state index is -0.0534. The Morgan fingerprint density at radius 2 is 2.04 bits per heavy atom. The number of hydrogen-bond donors (Lipinski definition) is 1. The molecule has 4 nitrogen and oxygen atoms in total. The van der Waals surface area contributed by atoms with E-state index in [0.29, 0.717) is 0 Å². The third-order valence-corrected chi connectivity index (χ3v) is 5.77. The smallest absolute Gasteiger partial charge is 0.232 e. The summed E-state index contributed by atoms with van der Waals surface area (Å²) in [5.74, 6) is -0.0534. The predicted molar refractivity (Wildman–Crippen MR) is 94.0 cm³/mol. The second-order valence-corrected chi connectivity index (χ2v) is 7.42. The number of nitrogens with zero attached hydrogens (tertiary/aromatic N) is 2. The Balaban J connectivity index is 1.41. The number of rotatable bonds is 4. The molecule has 0 fully saturated rings. The van der Waals surface area contributed by atoms with Crippen LogP contribution in [0.25, 0.3) is 10.6 Å². The Kier molecular flexibility index (Phi) is 3.93. The van der Waals surface area contributed by atoms with Crippen LogP contribution in [0.15, 0.2) is 35.7 Å². The third-order valence-electron chi connectivity index (χ3n) is 3.76. The van der Waals surface area contributed by atoms with Crippen molar-refractivity contribution in [2.24, 2.45) is 0 Å². The van der Waals surface area contributed by atoms with Crippen molar-refractivity contribution in [2.45, 2.75) is 25.7 Å². The average molecular weight is 341 g/mol. The Morgan fingerprint density at radius 3 is 2.87 bits per heavy atom. The van der Waals surface area contributed by atoms with E-state index in [4.69, 9.17) is 0 Å². The first-order valence-electron chi connectivity index (χ1n) is 7.56. The maximum absolute atomic E-state index is 12.2. The van der Waals surface area contributed by atoms with Gasteiger partial charge in [0.15, 0.2) is 5.13 Å². The highest BCUT2D eigenvalue weighted by molar-refractivity contribution is 7.16. The minimum Gasteiger partial charge on any atom is -0.302 e. The van der Waals surface area contributed by atoms with Crippen molar-refractivity contribution < 1.29 is 4.79 Å². The maximum atomic E-state index is 12.2. The summed E-state index contributed by atoms with van der Waals surface area (Å²) in [7, 11) is 0. The third kappa shape index (κ3) is 3.18. The fraction of sp³-hybridized carbons (Fsp3) is 0.235. The molecule has 23 heavy (non-hydrogen) atoms. The molecule has 1 N–H and O–H groups in total. The highest BCUT2D eigenvalue weighted by atomic mass is 32.1. The van der Waals surface area contributed by atoms with Crippen molar-refractivity contribution in [1.29, 1.82) is 0 Å². The molecular weight excluding hydrogens is 326 g/mol. The van der Waals surface area contributed by atoms with Gasteiger partial charge in [0.2, 0.25) is 5.91 Å². The molecule has 1 aromatic carbocycles. The largest absolute Gasteiger partial charge is 0.302 e. The van der Waals surface area contributed by atoms with Crippen molar-refractivity contribution in [3.05, 3.63) is 52.0 Å². The van der Waals surface area contributed by atoms with E-state index in [1.165, 1.54) is 11.3 Å². The summed E-state index contributed by atoms with van der Waals surface area (Å²) in [5.41, 5.74) is 3.04. The number of benzene rings is 1. The van der Waals surface area contributed by atoms with Gasteiger partial charge in [-0.1, -0.05) is 30.3 Å². The number of thiazole rings is 2. The van der Waals surface area contributed by atoms with E-state index in [-0.39, 0.29) is 12.3 Å². The van der Waals surface area contributed by atoms with Crippen LogP contribution in [-0.2, 0) is 24.1 Å². The molecule has 0 unspecified atom stereocenters. The van der Waals surface area contributed by atoms with Gasteiger partial charge in [0.1, 0.15) is 5.01 Å². The van der Waals surface area contributed by atoms with Crippen molar-refractivity contribution in [2.75, 3.05) is 5.32 Å². The van der Waals surface area contributed by atoms with Crippen LogP contribution in [0.1, 0.15) is 22.7 Å². The van der Waals surface area contributed by atoms with Gasteiger partial charge in [-0.2, -0.15) is 0 Å². The predicted octanol–water partition coefficient (Wildman–Crippen LogP) is 3.94. The molecule has 2 aromatic heterocycles. The molecule has 0 saturated carbocycles. The van der Waals surface area contributed by atoms with Crippen molar-refractivity contribution >= 4 is 33.7 Å². The van der Waals surface area contributed by atoms with Crippen molar-refractivity contribution in [3.8, 4) is 10.6 Å². The molecule has 2 heterocycles. The number of aromatic nitrogens is 2.